The third-order valence-electron chi connectivity index (χ3n) is 2.90. The van der Waals surface area contributed by atoms with Gasteiger partial charge in [-0.1, -0.05) is 58.1 Å². The van der Waals surface area contributed by atoms with Gasteiger partial charge in [-0.05, 0) is 32.1 Å². The SMILES string of the molecule is CCCCC=CCCCCCCCOCCC. The van der Waals surface area contributed by atoms with Crippen molar-refractivity contribution in [1.29, 1.82) is 0 Å². The van der Waals surface area contributed by atoms with E-state index in [1.165, 1.54) is 57.8 Å². The second kappa shape index (κ2) is 15.7. The van der Waals surface area contributed by atoms with Crippen molar-refractivity contribution in [3.05, 3.63) is 12.2 Å². The minimum absolute atomic E-state index is 0.933. The van der Waals surface area contributed by atoms with Gasteiger partial charge in [0.2, 0.25) is 0 Å². The Bertz CT molecular complexity index is 152. The molecule has 0 aromatic carbocycles. The van der Waals surface area contributed by atoms with E-state index in [0.29, 0.717) is 0 Å². The minimum Gasteiger partial charge on any atom is -0.381 e. The highest BCUT2D eigenvalue weighted by Gasteiger charge is 1.90. The fourth-order valence-corrected chi connectivity index (χ4v) is 1.80. The molecule has 0 rings (SSSR count). The van der Waals surface area contributed by atoms with Crippen molar-refractivity contribution in [2.75, 3.05) is 13.2 Å². The third kappa shape index (κ3) is 15.7. The Balaban J connectivity index is 2.96. The normalized spacial score (nSPS) is 11.4. The topological polar surface area (TPSA) is 9.23 Å². The van der Waals surface area contributed by atoms with E-state index < -0.39 is 0 Å². The molecule has 0 spiro atoms. The average Bonchev–Trinajstić information content (AvgIpc) is 2.35. The van der Waals surface area contributed by atoms with Crippen LogP contribution in [0.5, 0.6) is 0 Å². The van der Waals surface area contributed by atoms with Gasteiger partial charge >= 0.3 is 0 Å². The summed E-state index contributed by atoms with van der Waals surface area (Å²) < 4.78 is 5.45. The van der Waals surface area contributed by atoms with Crippen molar-refractivity contribution in [3.63, 3.8) is 0 Å². The summed E-state index contributed by atoms with van der Waals surface area (Å²) in [6.45, 7) is 6.30. The molecule has 0 atom stereocenters. The quantitative estimate of drug-likeness (QED) is 0.305. The van der Waals surface area contributed by atoms with E-state index in [1.807, 2.05) is 0 Å². The molecule has 0 radical (unpaired) electrons. The summed E-state index contributed by atoms with van der Waals surface area (Å²) in [5, 5.41) is 0. The fraction of sp³-hybridized carbons (Fsp3) is 0.875. The van der Waals surface area contributed by atoms with Crippen LogP contribution >= 0.6 is 0 Å². The Labute approximate surface area is 109 Å². The van der Waals surface area contributed by atoms with Crippen molar-refractivity contribution >= 4 is 0 Å². The van der Waals surface area contributed by atoms with E-state index in [1.54, 1.807) is 0 Å². The number of allylic oxidation sites excluding steroid dienone is 2. The van der Waals surface area contributed by atoms with Gasteiger partial charge in [0.05, 0.1) is 0 Å². The van der Waals surface area contributed by atoms with Crippen molar-refractivity contribution in [2.45, 2.75) is 78.1 Å². The maximum absolute atomic E-state index is 5.45. The van der Waals surface area contributed by atoms with Crippen LogP contribution in [0.1, 0.15) is 78.1 Å². The zero-order chi connectivity index (χ0) is 12.6. The van der Waals surface area contributed by atoms with Crippen LogP contribution in [0.3, 0.4) is 0 Å². The van der Waals surface area contributed by atoms with Gasteiger partial charge in [0.15, 0.2) is 0 Å². The molecule has 102 valence electrons. The van der Waals surface area contributed by atoms with E-state index in [9.17, 15) is 0 Å². The Morgan fingerprint density at radius 3 is 2.00 bits per heavy atom. The van der Waals surface area contributed by atoms with E-state index in [-0.39, 0.29) is 0 Å². The summed E-state index contributed by atoms with van der Waals surface area (Å²) in [4.78, 5) is 0. The van der Waals surface area contributed by atoms with E-state index in [4.69, 9.17) is 4.74 Å². The van der Waals surface area contributed by atoms with Crippen LogP contribution in [0.2, 0.25) is 0 Å². The highest BCUT2D eigenvalue weighted by atomic mass is 16.5. The molecule has 0 aromatic rings. The molecule has 1 nitrogen and oxygen atoms in total. The van der Waals surface area contributed by atoms with Gasteiger partial charge in [-0.15, -0.1) is 0 Å². The van der Waals surface area contributed by atoms with Gasteiger partial charge in [0.25, 0.3) is 0 Å². The molecular weight excluding hydrogens is 208 g/mol. The number of hydrogen-bond acceptors (Lipinski definition) is 1. The summed E-state index contributed by atoms with van der Waals surface area (Å²) >= 11 is 0. The largest absolute Gasteiger partial charge is 0.381 e. The van der Waals surface area contributed by atoms with Gasteiger partial charge in [-0.2, -0.15) is 0 Å². The van der Waals surface area contributed by atoms with Crippen LogP contribution < -0.4 is 0 Å². The molecule has 1 heteroatoms. The Hall–Kier alpha value is -0.300. The molecule has 0 saturated heterocycles. The first kappa shape index (κ1) is 16.7. The summed E-state index contributed by atoms with van der Waals surface area (Å²) in [6.07, 6.45) is 17.7. The van der Waals surface area contributed by atoms with Gasteiger partial charge in [-0.25, -0.2) is 0 Å². The van der Waals surface area contributed by atoms with Crippen molar-refractivity contribution in [2.24, 2.45) is 0 Å². The van der Waals surface area contributed by atoms with Gasteiger partial charge in [0, 0.05) is 13.2 Å². The molecule has 0 aliphatic carbocycles. The highest BCUT2D eigenvalue weighted by Crippen LogP contribution is 2.06. The first-order valence-corrected chi connectivity index (χ1v) is 7.64. The maximum Gasteiger partial charge on any atom is 0.0466 e. The van der Waals surface area contributed by atoms with Gasteiger partial charge < -0.3 is 4.74 Å². The maximum atomic E-state index is 5.45. The standard InChI is InChI=1S/C16H32O/c1-3-5-6-7-8-9-10-11-12-13-14-16-17-15-4-2/h7-8H,3-6,9-16H2,1-2H3. The van der Waals surface area contributed by atoms with Crippen LogP contribution in [0.25, 0.3) is 0 Å². The van der Waals surface area contributed by atoms with Crippen molar-refractivity contribution in [3.8, 4) is 0 Å². The lowest BCUT2D eigenvalue weighted by molar-refractivity contribution is 0.130. The Morgan fingerprint density at radius 1 is 0.647 bits per heavy atom. The molecule has 17 heavy (non-hydrogen) atoms. The average molecular weight is 240 g/mol. The molecule has 0 unspecified atom stereocenters. The lowest BCUT2D eigenvalue weighted by Crippen LogP contribution is -1.95. The molecule has 0 aliphatic rings. The molecule has 0 aromatic heterocycles. The van der Waals surface area contributed by atoms with Crippen LogP contribution in [0.15, 0.2) is 12.2 Å². The molecule has 0 amide bonds. The number of rotatable bonds is 13. The second-order valence-corrected chi connectivity index (χ2v) is 4.78. The van der Waals surface area contributed by atoms with E-state index in [2.05, 4.69) is 26.0 Å². The van der Waals surface area contributed by atoms with E-state index >= 15 is 0 Å². The summed E-state index contributed by atoms with van der Waals surface area (Å²) in [5.41, 5.74) is 0. The summed E-state index contributed by atoms with van der Waals surface area (Å²) in [6, 6.07) is 0. The number of ether oxygens (including phenoxy) is 1. The zero-order valence-electron chi connectivity index (χ0n) is 12.0. The smallest absolute Gasteiger partial charge is 0.0466 e. The molecule has 0 bridgehead atoms. The van der Waals surface area contributed by atoms with Crippen molar-refractivity contribution in [1.82, 2.24) is 0 Å². The third-order valence-corrected chi connectivity index (χ3v) is 2.90. The lowest BCUT2D eigenvalue weighted by Gasteiger charge is -2.02. The zero-order valence-corrected chi connectivity index (χ0v) is 12.0. The molecular formula is C16H32O. The first-order valence-electron chi connectivity index (χ1n) is 7.64. The molecule has 0 N–H and O–H groups in total. The monoisotopic (exact) mass is 240 g/mol. The summed E-state index contributed by atoms with van der Waals surface area (Å²) in [7, 11) is 0. The van der Waals surface area contributed by atoms with Crippen LogP contribution in [-0.4, -0.2) is 13.2 Å². The van der Waals surface area contributed by atoms with E-state index in [0.717, 1.165) is 19.6 Å². The Kier molecular flexibility index (Phi) is 15.4. The fourth-order valence-electron chi connectivity index (χ4n) is 1.80. The number of unbranched alkanes of at least 4 members (excludes halogenated alkanes) is 7. The number of hydrogen-bond donors (Lipinski definition) is 0. The molecule has 0 heterocycles. The van der Waals surface area contributed by atoms with Crippen LogP contribution in [0, 0.1) is 0 Å². The lowest BCUT2D eigenvalue weighted by atomic mass is 10.1. The molecule has 0 saturated carbocycles. The highest BCUT2D eigenvalue weighted by molar-refractivity contribution is 4.80. The minimum atomic E-state index is 0.933. The first-order chi connectivity index (χ1) is 8.41. The molecule has 0 fully saturated rings. The van der Waals surface area contributed by atoms with Crippen LogP contribution in [0.4, 0.5) is 0 Å². The van der Waals surface area contributed by atoms with Gasteiger partial charge in [-0.3, -0.25) is 0 Å². The van der Waals surface area contributed by atoms with Gasteiger partial charge in [0.1, 0.15) is 0 Å². The predicted molar refractivity (Wildman–Crippen MR) is 77.5 cm³/mol. The van der Waals surface area contributed by atoms with Crippen LogP contribution in [-0.2, 0) is 4.74 Å². The Morgan fingerprint density at radius 2 is 1.29 bits per heavy atom. The predicted octanol–water partition coefficient (Wildman–Crippen LogP) is 5.50. The molecule has 0 aliphatic heterocycles. The summed E-state index contributed by atoms with van der Waals surface area (Å²) in [5.74, 6) is 0. The second-order valence-electron chi connectivity index (χ2n) is 4.78. The van der Waals surface area contributed by atoms with Crippen molar-refractivity contribution < 1.29 is 4.74 Å².